The van der Waals surface area contributed by atoms with Gasteiger partial charge in [-0.2, -0.15) is 5.10 Å². The lowest BCUT2D eigenvalue weighted by atomic mass is 10.0. The number of benzene rings is 1. The molecule has 4 heteroatoms. The molecule has 1 heterocycles. The van der Waals surface area contributed by atoms with Gasteiger partial charge < -0.3 is 5.32 Å². The summed E-state index contributed by atoms with van der Waals surface area (Å²) >= 11 is 0. The van der Waals surface area contributed by atoms with E-state index in [-0.39, 0.29) is 5.82 Å². The van der Waals surface area contributed by atoms with Gasteiger partial charge in [-0.05, 0) is 49.7 Å². The van der Waals surface area contributed by atoms with Crippen LogP contribution in [0.15, 0.2) is 30.5 Å². The monoisotopic (exact) mass is 261 g/mol. The molecule has 2 aromatic rings. The molecule has 0 aliphatic carbocycles. The molecule has 0 amide bonds. The molecule has 102 valence electrons. The molecule has 0 bridgehead atoms. The Hall–Kier alpha value is -1.68. The van der Waals surface area contributed by atoms with Gasteiger partial charge in [0.05, 0.1) is 5.69 Å². The molecule has 0 atom stereocenters. The zero-order valence-electron chi connectivity index (χ0n) is 11.5. The molecule has 0 aliphatic rings. The van der Waals surface area contributed by atoms with Crippen LogP contribution in [0.1, 0.15) is 25.8 Å². The molecule has 0 radical (unpaired) electrons. The highest BCUT2D eigenvalue weighted by Crippen LogP contribution is 2.24. The van der Waals surface area contributed by atoms with Crippen molar-refractivity contribution >= 4 is 0 Å². The van der Waals surface area contributed by atoms with Crippen LogP contribution in [0, 0.1) is 5.82 Å². The summed E-state index contributed by atoms with van der Waals surface area (Å²) < 4.78 is 15.4. The topological polar surface area (TPSA) is 29.9 Å². The number of nitrogens with zero attached hydrogens (tertiary/aromatic N) is 2. The predicted molar refractivity (Wildman–Crippen MR) is 75.3 cm³/mol. The SMILES string of the molecule is CCCNCc1cc(F)ccc1-c1ccnn1CC. The van der Waals surface area contributed by atoms with E-state index in [1.165, 1.54) is 6.07 Å². The van der Waals surface area contributed by atoms with Crippen molar-refractivity contribution in [3.05, 3.63) is 41.8 Å². The molecule has 1 aromatic carbocycles. The Morgan fingerprint density at radius 2 is 2.11 bits per heavy atom. The molecule has 0 unspecified atom stereocenters. The number of hydrogen-bond donors (Lipinski definition) is 1. The molecule has 19 heavy (non-hydrogen) atoms. The largest absolute Gasteiger partial charge is 0.313 e. The van der Waals surface area contributed by atoms with Crippen molar-refractivity contribution in [3.63, 3.8) is 0 Å². The van der Waals surface area contributed by atoms with Gasteiger partial charge in [0.25, 0.3) is 0 Å². The third-order valence-corrected chi connectivity index (χ3v) is 3.10. The summed E-state index contributed by atoms with van der Waals surface area (Å²) in [6.45, 7) is 6.58. The van der Waals surface area contributed by atoms with Gasteiger partial charge in [-0.3, -0.25) is 4.68 Å². The molecule has 0 fully saturated rings. The lowest BCUT2D eigenvalue weighted by Crippen LogP contribution is -2.15. The van der Waals surface area contributed by atoms with Crippen LogP contribution in [0.5, 0.6) is 0 Å². The minimum absolute atomic E-state index is 0.195. The highest BCUT2D eigenvalue weighted by Gasteiger charge is 2.10. The van der Waals surface area contributed by atoms with Crippen LogP contribution in [0.3, 0.4) is 0 Å². The van der Waals surface area contributed by atoms with Gasteiger partial charge in [0, 0.05) is 24.8 Å². The Labute approximate surface area is 113 Å². The first-order valence-electron chi connectivity index (χ1n) is 6.77. The van der Waals surface area contributed by atoms with Gasteiger partial charge in [-0.25, -0.2) is 4.39 Å². The Morgan fingerprint density at radius 3 is 2.84 bits per heavy atom. The number of rotatable bonds is 6. The van der Waals surface area contributed by atoms with Crippen LogP contribution in [-0.2, 0) is 13.1 Å². The number of aromatic nitrogens is 2. The normalized spacial score (nSPS) is 10.9. The zero-order chi connectivity index (χ0) is 13.7. The first kappa shape index (κ1) is 13.7. The minimum Gasteiger partial charge on any atom is -0.313 e. The van der Waals surface area contributed by atoms with Crippen LogP contribution in [0.25, 0.3) is 11.3 Å². The number of hydrogen-bond acceptors (Lipinski definition) is 2. The summed E-state index contributed by atoms with van der Waals surface area (Å²) in [6, 6.07) is 6.91. The van der Waals surface area contributed by atoms with Crippen molar-refractivity contribution in [2.75, 3.05) is 6.54 Å². The minimum atomic E-state index is -0.195. The van der Waals surface area contributed by atoms with Crippen LogP contribution in [-0.4, -0.2) is 16.3 Å². The van der Waals surface area contributed by atoms with E-state index in [1.807, 2.05) is 16.8 Å². The van der Waals surface area contributed by atoms with Gasteiger partial charge in [0.1, 0.15) is 5.82 Å². The molecule has 3 nitrogen and oxygen atoms in total. The van der Waals surface area contributed by atoms with Crippen molar-refractivity contribution in [3.8, 4) is 11.3 Å². The summed E-state index contributed by atoms with van der Waals surface area (Å²) in [5.74, 6) is -0.195. The van der Waals surface area contributed by atoms with Gasteiger partial charge in [0.2, 0.25) is 0 Å². The van der Waals surface area contributed by atoms with Gasteiger partial charge >= 0.3 is 0 Å². The number of halogens is 1. The molecule has 2 rings (SSSR count). The first-order chi connectivity index (χ1) is 9.26. The van der Waals surface area contributed by atoms with Crippen LogP contribution in [0.4, 0.5) is 4.39 Å². The van der Waals surface area contributed by atoms with Crippen molar-refractivity contribution in [2.24, 2.45) is 0 Å². The molecule has 0 spiro atoms. The number of aryl methyl sites for hydroxylation is 1. The lowest BCUT2D eigenvalue weighted by Gasteiger charge is -2.12. The summed E-state index contributed by atoms with van der Waals surface area (Å²) in [5.41, 5.74) is 3.06. The molecular weight excluding hydrogens is 241 g/mol. The van der Waals surface area contributed by atoms with E-state index in [0.717, 1.165) is 36.3 Å². The smallest absolute Gasteiger partial charge is 0.123 e. The second-order valence-corrected chi connectivity index (χ2v) is 4.51. The summed E-state index contributed by atoms with van der Waals surface area (Å²) in [5, 5.41) is 7.60. The van der Waals surface area contributed by atoms with E-state index in [4.69, 9.17) is 0 Å². The summed E-state index contributed by atoms with van der Waals surface area (Å²) in [6.07, 6.45) is 2.85. The van der Waals surface area contributed by atoms with Gasteiger partial charge in [-0.15, -0.1) is 0 Å². The maximum atomic E-state index is 13.4. The fourth-order valence-electron chi connectivity index (χ4n) is 2.17. The van der Waals surface area contributed by atoms with Crippen molar-refractivity contribution in [2.45, 2.75) is 33.4 Å². The van der Waals surface area contributed by atoms with Crippen LogP contribution in [0.2, 0.25) is 0 Å². The predicted octanol–water partition coefficient (Wildman–Crippen LogP) is 3.21. The molecule has 0 saturated heterocycles. The Kier molecular flexibility index (Phi) is 4.68. The quantitative estimate of drug-likeness (QED) is 0.809. The second kappa shape index (κ2) is 6.48. The molecule has 0 aliphatic heterocycles. The first-order valence-corrected chi connectivity index (χ1v) is 6.77. The van der Waals surface area contributed by atoms with E-state index in [2.05, 4.69) is 24.3 Å². The molecular formula is C15H20FN3. The average molecular weight is 261 g/mol. The molecule has 1 aromatic heterocycles. The Balaban J connectivity index is 2.33. The fourth-order valence-corrected chi connectivity index (χ4v) is 2.17. The summed E-state index contributed by atoms with van der Waals surface area (Å²) in [7, 11) is 0. The van der Waals surface area contributed by atoms with E-state index in [1.54, 1.807) is 12.3 Å². The van der Waals surface area contributed by atoms with E-state index >= 15 is 0 Å². The molecule has 0 saturated carbocycles. The van der Waals surface area contributed by atoms with Crippen molar-refractivity contribution in [1.82, 2.24) is 15.1 Å². The second-order valence-electron chi connectivity index (χ2n) is 4.51. The van der Waals surface area contributed by atoms with E-state index in [9.17, 15) is 4.39 Å². The molecule has 1 N–H and O–H groups in total. The zero-order valence-corrected chi connectivity index (χ0v) is 11.5. The van der Waals surface area contributed by atoms with Crippen LogP contribution >= 0.6 is 0 Å². The van der Waals surface area contributed by atoms with E-state index < -0.39 is 0 Å². The van der Waals surface area contributed by atoms with Crippen molar-refractivity contribution in [1.29, 1.82) is 0 Å². The highest BCUT2D eigenvalue weighted by molar-refractivity contribution is 5.64. The van der Waals surface area contributed by atoms with E-state index in [0.29, 0.717) is 6.54 Å². The number of nitrogens with one attached hydrogen (secondary N) is 1. The standard InChI is InChI=1S/C15H20FN3/c1-3-8-17-11-12-10-13(16)5-6-14(12)15-7-9-18-19(15)4-2/h5-7,9-10,17H,3-4,8,11H2,1-2H3. The Morgan fingerprint density at radius 1 is 1.26 bits per heavy atom. The summed E-state index contributed by atoms with van der Waals surface area (Å²) in [4.78, 5) is 0. The van der Waals surface area contributed by atoms with Crippen LogP contribution < -0.4 is 5.32 Å². The Bertz CT molecular complexity index is 534. The van der Waals surface area contributed by atoms with Gasteiger partial charge in [0.15, 0.2) is 0 Å². The third-order valence-electron chi connectivity index (χ3n) is 3.10. The lowest BCUT2D eigenvalue weighted by molar-refractivity contribution is 0.618. The fraction of sp³-hybridized carbons (Fsp3) is 0.400. The maximum Gasteiger partial charge on any atom is 0.123 e. The van der Waals surface area contributed by atoms with Crippen molar-refractivity contribution < 1.29 is 4.39 Å². The van der Waals surface area contributed by atoms with Gasteiger partial charge in [-0.1, -0.05) is 6.92 Å². The average Bonchev–Trinajstić information content (AvgIpc) is 2.87. The maximum absolute atomic E-state index is 13.4. The highest BCUT2D eigenvalue weighted by atomic mass is 19.1. The third kappa shape index (κ3) is 3.20.